The third kappa shape index (κ3) is 5.89. The van der Waals surface area contributed by atoms with E-state index in [0.29, 0.717) is 12.0 Å². The molecule has 0 saturated carbocycles. The number of nitrogens with one attached hydrogen (secondary N) is 1. The number of aliphatic carboxylic acids is 1. The Hall–Kier alpha value is -1.82. The van der Waals surface area contributed by atoms with E-state index in [1.165, 1.54) is 0 Å². The van der Waals surface area contributed by atoms with Gasteiger partial charge in [0.05, 0.1) is 5.25 Å². The fourth-order valence-electron chi connectivity index (χ4n) is 1.84. The monoisotopic (exact) mass is 323 g/mol. The van der Waals surface area contributed by atoms with Gasteiger partial charge in [0, 0.05) is 5.56 Å². The van der Waals surface area contributed by atoms with Crippen LogP contribution in [0.3, 0.4) is 0 Å². The smallest absolute Gasteiger partial charge is 0.326 e. The average molecular weight is 323 g/mol. The number of rotatable bonds is 7. The molecule has 0 aliphatic heterocycles. The second-order valence-corrected chi connectivity index (χ2v) is 6.76. The minimum atomic E-state index is -1.06. The topological polar surface area (TPSA) is 83.5 Å². The lowest BCUT2D eigenvalue weighted by atomic mass is 10.0. The van der Waals surface area contributed by atoms with Gasteiger partial charge in [-0.15, -0.1) is 0 Å². The minimum Gasteiger partial charge on any atom is -0.480 e. The number of amides is 1. The number of benzene rings is 1. The highest BCUT2D eigenvalue weighted by Crippen LogP contribution is 2.18. The summed E-state index contributed by atoms with van der Waals surface area (Å²) in [4.78, 5) is 35.2. The average Bonchev–Trinajstić information content (AvgIpc) is 2.46. The van der Waals surface area contributed by atoms with E-state index >= 15 is 0 Å². The first kappa shape index (κ1) is 18.2. The Labute approximate surface area is 134 Å². The van der Waals surface area contributed by atoms with Crippen molar-refractivity contribution in [3.05, 3.63) is 35.9 Å². The van der Waals surface area contributed by atoms with Gasteiger partial charge in [-0.1, -0.05) is 55.9 Å². The third-order valence-corrected chi connectivity index (χ3v) is 4.00. The van der Waals surface area contributed by atoms with Crippen LogP contribution in [0.2, 0.25) is 0 Å². The van der Waals surface area contributed by atoms with Crippen LogP contribution in [0.4, 0.5) is 0 Å². The summed E-state index contributed by atoms with van der Waals surface area (Å²) < 4.78 is 0. The van der Waals surface area contributed by atoms with Crippen LogP contribution < -0.4 is 5.32 Å². The van der Waals surface area contributed by atoms with Gasteiger partial charge in [-0.25, -0.2) is 4.79 Å². The molecule has 0 spiro atoms. The summed E-state index contributed by atoms with van der Waals surface area (Å²) in [6.45, 7) is 5.37. The van der Waals surface area contributed by atoms with Crippen LogP contribution in [-0.4, -0.2) is 33.4 Å². The fraction of sp³-hybridized carbons (Fsp3) is 0.438. The number of thioether (sulfide) groups is 1. The lowest BCUT2D eigenvalue weighted by molar-refractivity contribution is -0.142. The Balaban J connectivity index is 2.60. The van der Waals surface area contributed by atoms with Crippen LogP contribution in [-0.2, 0) is 9.59 Å². The van der Waals surface area contributed by atoms with Crippen molar-refractivity contribution in [2.45, 2.75) is 38.5 Å². The van der Waals surface area contributed by atoms with Crippen molar-refractivity contribution in [1.29, 1.82) is 0 Å². The summed E-state index contributed by atoms with van der Waals surface area (Å²) in [7, 11) is 0. The molecule has 22 heavy (non-hydrogen) atoms. The molecule has 1 aromatic rings. The van der Waals surface area contributed by atoms with Gasteiger partial charge in [0.1, 0.15) is 6.04 Å². The highest BCUT2D eigenvalue weighted by atomic mass is 32.2. The number of carboxylic acids is 1. The van der Waals surface area contributed by atoms with Crippen LogP contribution in [0.25, 0.3) is 0 Å². The molecule has 0 heterocycles. The zero-order chi connectivity index (χ0) is 16.7. The first-order valence-electron chi connectivity index (χ1n) is 7.10. The molecule has 0 aliphatic rings. The lowest BCUT2D eigenvalue weighted by Crippen LogP contribution is -2.44. The number of hydrogen-bond donors (Lipinski definition) is 2. The molecule has 2 N–H and O–H groups in total. The summed E-state index contributed by atoms with van der Waals surface area (Å²) in [5.74, 6) is -1.36. The molecular weight excluding hydrogens is 302 g/mol. The zero-order valence-corrected chi connectivity index (χ0v) is 13.7. The van der Waals surface area contributed by atoms with E-state index in [1.54, 1.807) is 37.3 Å². The molecule has 6 heteroatoms. The third-order valence-electron chi connectivity index (χ3n) is 2.98. The summed E-state index contributed by atoms with van der Waals surface area (Å²) in [6.07, 6.45) is 0.352. The molecule has 1 aromatic carbocycles. The Morgan fingerprint density at radius 3 is 2.23 bits per heavy atom. The van der Waals surface area contributed by atoms with Gasteiger partial charge < -0.3 is 10.4 Å². The Bertz CT molecular complexity index is 530. The van der Waals surface area contributed by atoms with Crippen molar-refractivity contribution in [2.75, 3.05) is 0 Å². The molecule has 0 radical (unpaired) electrons. The minimum absolute atomic E-state index is 0.148. The normalized spacial score (nSPS) is 13.5. The van der Waals surface area contributed by atoms with Crippen molar-refractivity contribution in [3.63, 3.8) is 0 Å². The van der Waals surface area contributed by atoms with Gasteiger partial charge in [0.25, 0.3) is 0 Å². The molecular formula is C16H21NO4S. The summed E-state index contributed by atoms with van der Waals surface area (Å²) >= 11 is 0.889. The Morgan fingerprint density at radius 1 is 1.14 bits per heavy atom. The molecule has 0 saturated heterocycles. The zero-order valence-electron chi connectivity index (χ0n) is 12.9. The van der Waals surface area contributed by atoms with Crippen molar-refractivity contribution < 1.29 is 19.5 Å². The van der Waals surface area contributed by atoms with Gasteiger partial charge in [-0.3, -0.25) is 9.59 Å². The first-order chi connectivity index (χ1) is 10.3. The van der Waals surface area contributed by atoms with E-state index in [-0.39, 0.29) is 11.0 Å². The quantitative estimate of drug-likeness (QED) is 0.806. The van der Waals surface area contributed by atoms with E-state index < -0.39 is 23.2 Å². The van der Waals surface area contributed by atoms with Crippen LogP contribution in [0.5, 0.6) is 0 Å². The Morgan fingerprint density at radius 2 is 1.73 bits per heavy atom. The second kappa shape index (κ2) is 8.58. The lowest BCUT2D eigenvalue weighted by Gasteiger charge is -2.18. The van der Waals surface area contributed by atoms with Crippen molar-refractivity contribution in [2.24, 2.45) is 5.92 Å². The van der Waals surface area contributed by atoms with Crippen LogP contribution >= 0.6 is 11.8 Å². The van der Waals surface area contributed by atoms with Crippen molar-refractivity contribution >= 4 is 28.8 Å². The van der Waals surface area contributed by atoms with E-state index in [2.05, 4.69) is 5.32 Å². The van der Waals surface area contributed by atoms with Crippen LogP contribution in [0, 0.1) is 5.92 Å². The number of carbonyl (C=O) groups is 3. The van der Waals surface area contributed by atoms with E-state index in [1.807, 2.05) is 13.8 Å². The Kier molecular flexibility index (Phi) is 7.11. The predicted octanol–water partition coefficient (Wildman–Crippen LogP) is 2.56. The highest BCUT2D eigenvalue weighted by Gasteiger charge is 2.25. The molecule has 120 valence electrons. The maximum Gasteiger partial charge on any atom is 0.326 e. The van der Waals surface area contributed by atoms with E-state index in [9.17, 15) is 14.4 Å². The predicted molar refractivity (Wildman–Crippen MR) is 86.8 cm³/mol. The van der Waals surface area contributed by atoms with Crippen LogP contribution in [0.15, 0.2) is 30.3 Å². The summed E-state index contributed by atoms with van der Waals surface area (Å²) in [6, 6.07) is 7.74. The largest absolute Gasteiger partial charge is 0.480 e. The molecule has 1 unspecified atom stereocenters. The van der Waals surface area contributed by atoms with Crippen molar-refractivity contribution in [1.82, 2.24) is 5.32 Å². The second-order valence-electron chi connectivity index (χ2n) is 5.44. The molecule has 0 bridgehead atoms. The number of carbonyl (C=O) groups excluding carboxylic acids is 2. The van der Waals surface area contributed by atoms with Gasteiger partial charge >= 0.3 is 5.97 Å². The summed E-state index contributed by atoms with van der Waals surface area (Å²) in [5.41, 5.74) is 0.518. The molecule has 2 atom stereocenters. The standard InChI is InChI=1S/C16H21NO4S/c1-10(2)9-13(15(19)20)17-14(18)11(3)22-16(21)12-7-5-4-6-8-12/h4-8,10-11,13H,9H2,1-3H3,(H,17,18)(H,19,20)/t11?,13-/m0/s1. The maximum atomic E-state index is 12.1. The maximum absolute atomic E-state index is 12.1. The van der Waals surface area contributed by atoms with Crippen LogP contribution in [0.1, 0.15) is 37.6 Å². The number of carboxylic acid groups (broad SMARTS) is 1. The van der Waals surface area contributed by atoms with Gasteiger partial charge in [-0.05, 0) is 19.3 Å². The van der Waals surface area contributed by atoms with Gasteiger partial charge in [0.15, 0.2) is 0 Å². The highest BCUT2D eigenvalue weighted by molar-refractivity contribution is 8.15. The summed E-state index contributed by atoms with van der Waals surface area (Å²) in [5, 5.41) is 10.8. The number of hydrogen-bond acceptors (Lipinski definition) is 4. The first-order valence-corrected chi connectivity index (χ1v) is 7.98. The fourth-order valence-corrected chi connectivity index (χ4v) is 2.61. The molecule has 5 nitrogen and oxygen atoms in total. The van der Waals surface area contributed by atoms with E-state index in [0.717, 1.165) is 11.8 Å². The van der Waals surface area contributed by atoms with Crippen molar-refractivity contribution in [3.8, 4) is 0 Å². The molecule has 1 amide bonds. The molecule has 0 aliphatic carbocycles. The molecule has 1 rings (SSSR count). The van der Waals surface area contributed by atoms with E-state index in [4.69, 9.17) is 5.11 Å². The van der Waals surface area contributed by atoms with Gasteiger partial charge in [-0.2, -0.15) is 0 Å². The van der Waals surface area contributed by atoms with Gasteiger partial charge in [0.2, 0.25) is 11.0 Å². The molecule has 0 fully saturated rings. The SMILES string of the molecule is CC(C)C[C@H](NC(=O)C(C)SC(=O)c1ccccc1)C(=O)O. The molecule has 0 aromatic heterocycles.